The van der Waals surface area contributed by atoms with Crippen molar-refractivity contribution >= 4 is 5.97 Å². The summed E-state index contributed by atoms with van der Waals surface area (Å²) in [5.74, 6) is -0.578. The second-order valence-corrected chi connectivity index (χ2v) is 4.54. The van der Waals surface area contributed by atoms with Crippen molar-refractivity contribution in [3.63, 3.8) is 0 Å². The molecule has 7 nitrogen and oxygen atoms in total. The van der Waals surface area contributed by atoms with Crippen LogP contribution in [0, 0.1) is 5.92 Å². The van der Waals surface area contributed by atoms with Gasteiger partial charge in [-0.3, -0.25) is 4.68 Å². The van der Waals surface area contributed by atoms with Gasteiger partial charge in [0.2, 0.25) is 0 Å². The molecule has 1 aromatic heterocycles. The van der Waals surface area contributed by atoms with E-state index in [1.165, 1.54) is 10.9 Å². The fourth-order valence-corrected chi connectivity index (χ4v) is 1.94. The smallest absolute Gasteiger partial charge is 0.358 e. The van der Waals surface area contributed by atoms with Crippen LogP contribution in [-0.2, 0) is 6.54 Å². The SMILES string of the molecule is CCCC(CCO)CNCCn1cc(C(=O)O)nn1. The summed E-state index contributed by atoms with van der Waals surface area (Å²) in [5.41, 5.74) is -0.0378. The number of aromatic carboxylic acids is 1. The lowest BCUT2D eigenvalue weighted by atomic mass is 10.0. The number of carboxylic acid groups (broad SMARTS) is 1. The number of carboxylic acids is 1. The van der Waals surface area contributed by atoms with E-state index in [1.807, 2.05) is 0 Å². The van der Waals surface area contributed by atoms with Crippen LogP contribution in [0.4, 0.5) is 0 Å². The average molecular weight is 270 g/mol. The lowest BCUT2D eigenvalue weighted by molar-refractivity contribution is 0.0690. The quantitative estimate of drug-likeness (QED) is 0.531. The van der Waals surface area contributed by atoms with E-state index in [9.17, 15) is 4.79 Å². The molecule has 108 valence electrons. The fourth-order valence-electron chi connectivity index (χ4n) is 1.94. The molecule has 7 heteroatoms. The van der Waals surface area contributed by atoms with Gasteiger partial charge in [0.15, 0.2) is 5.69 Å². The number of hydrogen-bond donors (Lipinski definition) is 3. The number of hydrogen-bond acceptors (Lipinski definition) is 5. The summed E-state index contributed by atoms with van der Waals surface area (Å²) in [5, 5.41) is 28.2. The van der Waals surface area contributed by atoms with Crippen LogP contribution in [-0.4, -0.2) is 50.9 Å². The van der Waals surface area contributed by atoms with Crippen LogP contribution in [0.1, 0.15) is 36.7 Å². The van der Waals surface area contributed by atoms with Gasteiger partial charge in [0.05, 0.1) is 12.7 Å². The lowest BCUT2D eigenvalue weighted by Crippen LogP contribution is -2.27. The zero-order valence-corrected chi connectivity index (χ0v) is 11.2. The standard InChI is InChI=1S/C12H22N4O3/c1-2-3-10(4-7-17)8-13-5-6-16-9-11(12(18)19)14-15-16/h9-10,13,17H,2-8H2,1H3,(H,18,19). The van der Waals surface area contributed by atoms with Crippen LogP contribution in [0.5, 0.6) is 0 Å². The highest BCUT2D eigenvalue weighted by Gasteiger charge is 2.08. The van der Waals surface area contributed by atoms with Crippen LogP contribution in [0.15, 0.2) is 6.20 Å². The molecule has 1 heterocycles. The predicted octanol–water partition coefficient (Wildman–Crippen LogP) is 0.365. The normalized spacial score (nSPS) is 12.5. The number of aliphatic hydroxyl groups is 1. The number of nitrogens with one attached hydrogen (secondary N) is 1. The summed E-state index contributed by atoms with van der Waals surface area (Å²) in [6, 6.07) is 0. The van der Waals surface area contributed by atoms with Gasteiger partial charge in [0.1, 0.15) is 0 Å². The zero-order chi connectivity index (χ0) is 14.1. The molecule has 3 N–H and O–H groups in total. The molecule has 0 amide bonds. The summed E-state index contributed by atoms with van der Waals surface area (Å²) >= 11 is 0. The van der Waals surface area contributed by atoms with Crippen LogP contribution in [0.25, 0.3) is 0 Å². The van der Waals surface area contributed by atoms with Gasteiger partial charge in [-0.15, -0.1) is 5.10 Å². The Morgan fingerprint density at radius 1 is 1.53 bits per heavy atom. The summed E-state index contributed by atoms with van der Waals surface area (Å²) in [6.07, 6.45) is 4.44. The summed E-state index contributed by atoms with van der Waals surface area (Å²) in [4.78, 5) is 10.6. The number of nitrogens with zero attached hydrogens (tertiary/aromatic N) is 3. The molecule has 0 saturated carbocycles. The molecule has 0 saturated heterocycles. The molecule has 1 unspecified atom stereocenters. The van der Waals surface area contributed by atoms with E-state index in [2.05, 4.69) is 22.6 Å². The number of aliphatic hydroxyl groups excluding tert-OH is 1. The van der Waals surface area contributed by atoms with E-state index >= 15 is 0 Å². The maximum absolute atomic E-state index is 10.6. The van der Waals surface area contributed by atoms with Crippen molar-refractivity contribution in [1.82, 2.24) is 20.3 Å². The predicted molar refractivity (Wildman–Crippen MR) is 70.0 cm³/mol. The van der Waals surface area contributed by atoms with Crippen LogP contribution >= 0.6 is 0 Å². The van der Waals surface area contributed by atoms with E-state index in [-0.39, 0.29) is 12.3 Å². The second-order valence-electron chi connectivity index (χ2n) is 4.54. The molecule has 0 spiro atoms. The first-order chi connectivity index (χ1) is 9.17. The third kappa shape index (κ3) is 5.80. The highest BCUT2D eigenvalue weighted by atomic mass is 16.4. The Morgan fingerprint density at radius 3 is 2.89 bits per heavy atom. The van der Waals surface area contributed by atoms with Crippen molar-refractivity contribution in [2.45, 2.75) is 32.7 Å². The number of aromatic nitrogens is 3. The molecule has 1 aromatic rings. The molecule has 0 fully saturated rings. The molecule has 1 rings (SSSR count). The summed E-state index contributed by atoms with van der Waals surface area (Å²) < 4.78 is 1.51. The molecule has 0 aliphatic carbocycles. The van der Waals surface area contributed by atoms with E-state index < -0.39 is 5.97 Å². The third-order valence-electron chi connectivity index (χ3n) is 2.94. The van der Waals surface area contributed by atoms with Gasteiger partial charge in [0.25, 0.3) is 0 Å². The molecular formula is C12H22N4O3. The van der Waals surface area contributed by atoms with E-state index in [0.717, 1.165) is 25.8 Å². The third-order valence-corrected chi connectivity index (χ3v) is 2.94. The van der Waals surface area contributed by atoms with Crippen LogP contribution in [0.3, 0.4) is 0 Å². The molecule has 0 aliphatic heterocycles. The molecule has 0 aromatic carbocycles. The summed E-state index contributed by atoms with van der Waals surface area (Å²) in [6.45, 7) is 4.49. The van der Waals surface area contributed by atoms with E-state index in [0.29, 0.717) is 19.0 Å². The van der Waals surface area contributed by atoms with Crippen molar-refractivity contribution in [2.75, 3.05) is 19.7 Å². The average Bonchev–Trinajstić information content (AvgIpc) is 2.84. The highest BCUT2D eigenvalue weighted by molar-refractivity contribution is 5.84. The molecule has 1 atom stereocenters. The van der Waals surface area contributed by atoms with Gasteiger partial charge in [-0.25, -0.2) is 4.79 Å². The Kier molecular flexibility index (Phi) is 7.06. The van der Waals surface area contributed by atoms with Gasteiger partial charge in [-0.1, -0.05) is 18.6 Å². The van der Waals surface area contributed by atoms with Crippen molar-refractivity contribution in [2.24, 2.45) is 5.92 Å². The molecule has 0 aliphatic rings. The number of rotatable bonds is 10. The zero-order valence-electron chi connectivity index (χ0n) is 11.2. The Labute approximate surface area is 112 Å². The molecule has 0 bridgehead atoms. The topological polar surface area (TPSA) is 100 Å². The molecule has 19 heavy (non-hydrogen) atoms. The monoisotopic (exact) mass is 270 g/mol. The molecular weight excluding hydrogens is 248 g/mol. The van der Waals surface area contributed by atoms with Gasteiger partial charge in [-0.2, -0.15) is 0 Å². The van der Waals surface area contributed by atoms with Gasteiger partial charge in [-0.05, 0) is 25.3 Å². The van der Waals surface area contributed by atoms with E-state index in [1.54, 1.807) is 0 Å². The van der Waals surface area contributed by atoms with Gasteiger partial charge in [0, 0.05) is 13.2 Å². The lowest BCUT2D eigenvalue weighted by Gasteiger charge is -2.15. The Bertz CT molecular complexity index is 375. The Balaban J connectivity index is 2.23. The maximum Gasteiger partial charge on any atom is 0.358 e. The largest absolute Gasteiger partial charge is 0.476 e. The van der Waals surface area contributed by atoms with Crippen molar-refractivity contribution in [1.29, 1.82) is 0 Å². The minimum absolute atomic E-state index is 0.0378. The van der Waals surface area contributed by atoms with Gasteiger partial charge < -0.3 is 15.5 Å². The van der Waals surface area contributed by atoms with Crippen LogP contribution < -0.4 is 5.32 Å². The van der Waals surface area contributed by atoms with Crippen molar-refractivity contribution in [3.8, 4) is 0 Å². The first-order valence-corrected chi connectivity index (χ1v) is 6.62. The first-order valence-electron chi connectivity index (χ1n) is 6.62. The molecule has 0 radical (unpaired) electrons. The Hall–Kier alpha value is -1.47. The minimum atomic E-state index is -1.06. The van der Waals surface area contributed by atoms with Crippen molar-refractivity contribution < 1.29 is 15.0 Å². The minimum Gasteiger partial charge on any atom is -0.476 e. The Morgan fingerprint density at radius 2 is 2.32 bits per heavy atom. The van der Waals surface area contributed by atoms with Gasteiger partial charge >= 0.3 is 5.97 Å². The fraction of sp³-hybridized carbons (Fsp3) is 0.750. The van der Waals surface area contributed by atoms with E-state index in [4.69, 9.17) is 10.2 Å². The number of carbonyl (C=O) groups is 1. The second kappa shape index (κ2) is 8.60. The summed E-state index contributed by atoms with van der Waals surface area (Å²) in [7, 11) is 0. The van der Waals surface area contributed by atoms with Crippen molar-refractivity contribution in [3.05, 3.63) is 11.9 Å². The maximum atomic E-state index is 10.6. The highest BCUT2D eigenvalue weighted by Crippen LogP contribution is 2.09. The van der Waals surface area contributed by atoms with Crippen LogP contribution in [0.2, 0.25) is 0 Å². The first kappa shape index (κ1) is 15.6.